The van der Waals surface area contributed by atoms with Crippen LogP contribution in [0.5, 0.6) is 11.5 Å². The lowest BCUT2D eigenvalue weighted by molar-refractivity contribution is -0.141. The van der Waals surface area contributed by atoms with Crippen LogP contribution in [0.15, 0.2) is 48.5 Å². The second kappa shape index (κ2) is 8.15. The van der Waals surface area contributed by atoms with Gasteiger partial charge >= 0.3 is 0 Å². The van der Waals surface area contributed by atoms with Crippen molar-refractivity contribution in [1.29, 1.82) is 0 Å². The van der Waals surface area contributed by atoms with Crippen LogP contribution in [-0.4, -0.2) is 60.0 Å². The Bertz CT molecular complexity index is 1010. The maximum Gasteiger partial charge on any atom is 0.260 e. The number of amides is 2. The Morgan fingerprint density at radius 2 is 1.72 bits per heavy atom. The van der Waals surface area contributed by atoms with Gasteiger partial charge in [0.25, 0.3) is 5.91 Å². The van der Waals surface area contributed by atoms with Crippen LogP contribution < -0.4 is 9.47 Å². The van der Waals surface area contributed by atoms with Gasteiger partial charge in [0.15, 0.2) is 18.1 Å². The fourth-order valence-electron chi connectivity index (χ4n) is 4.88. The predicted molar refractivity (Wildman–Crippen MR) is 121 cm³/mol. The van der Waals surface area contributed by atoms with Crippen LogP contribution in [0.2, 0.25) is 0 Å². The molecule has 6 nitrogen and oxygen atoms in total. The summed E-state index contributed by atoms with van der Waals surface area (Å²) in [6, 6.07) is 16.1. The molecule has 2 atom stereocenters. The predicted octanol–water partition coefficient (Wildman–Crippen LogP) is 3.25. The van der Waals surface area contributed by atoms with Gasteiger partial charge in [0.05, 0.1) is 0 Å². The molecule has 0 aromatic heterocycles. The van der Waals surface area contributed by atoms with Gasteiger partial charge in [-0.25, -0.2) is 0 Å². The zero-order valence-corrected chi connectivity index (χ0v) is 18.8. The van der Waals surface area contributed by atoms with Crippen LogP contribution in [-0.2, 0) is 16.0 Å². The molecule has 1 saturated carbocycles. The number of hydrogen-bond acceptors (Lipinski definition) is 4. The molecule has 2 unspecified atom stereocenters. The van der Waals surface area contributed by atoms with Crippen LogP contribution in [0.1, 0.15) is 37.3 Å². The molecule has 2 heterocycles. The van der Waals surface area contributed by atoms with E-state index in [-0.39, 0.29) is 29.9 Å². The van der Waals surface area contributed by atoms with Crippen molar-refractivity contribution < 1.29 is 19.1 Å². The zero-order chi connectivity index (χ0) is 22.3. The number of carbonyl (C=O) groups is 2. The van der Waals surface area contributed by atoms with Gasteiger partial charge in [0.2, 0.25) is 5.91 Å². The number of ether oxygens (including phenoxy) is 2. The Labute approximate surface area is 189 Å². The summed E-state index contributed by atoms with van der Waals surface area (Å²) in [4.78, 5) is 29.3. The highest BCUT2D eigenvalue weighted by Crippen LogP contribution is 2.48. The first kappa shape index (κ1) is 20.9. The molecular weight excluding hydrogens is 404 g/mol. The Morgan fingerprint density at radius 3 is 2.47 bits per heavy atom. The van der Waals surface area contributed by atoms with E-state index in [4.69, 9.17) is 9.47 Å². The number of carbonyl (C=O) groups excluding carboxylic acids is 2. The smallest absolute Gasteiger partial charge is 0.260 e. The molecule has 3 aliphatic rings. The normalized spacial score (nSPS) is 23.3. The minimum absolute atomic E-state index is 0.0209. The molecule has 0 N–H and O–H groups in total. The van der Waals surface area contributed by atoms with Crippen molar-refractivity contribution in [2.45, 2.75) is 38.2 Å². The average molecular weight is 435 g/mol. The summed E-state index contributed by atoms with van der Waals surface area (Å²) in [7, 11) is 0. The third-order valence-corrected chi connectivity index (χ3v) is 6.69. The van der Waals surface area contributed by atoms with Crippen molar-refractivity contribution in [2.75, 3.05) is 32.8 Å². The zero-order valence-electron chi connectivity index (χ0n) is 18.8. The highest BCUT2D eigenvalue weighted by atomic mass is 16.5. The van der Waals surface area contributed by atoms with Crippen LogP contribution in [0.3, 0.4) is 0 Å². The van der Waals surface area contributed by atoms with E-state index in [0.29, 0.717) is 37.8 Å². The lowest BCUT2D eigenvalue weighted by Crippen LogP contribution is -2.52. The van der Waals surface area contributed by atoms with Gasteiger partial charge in [0, 0.05) is 44.1 Å². The molecule has 32 heavy (non-hydrogen) atoms. The first-order valence-electron chi connectivity index (χ1n) is 11.5. The summed E-state index contributed by atoms with van der Waals surface area (Å²) in [5.74, 6) is 1.97. The van der Waals surface area contributed by atoms with Gasteiger partial charge < -0.3 is 19.3 Å². The van der Waals surface area contributed by atoms with Crippen molar-refractivity contribution in [3.05, 3.63) is 59.7 Å². The van der Waals surface area contributed by atoms with Crippen LogP contribution in [0.4, 0.5) is 0 Å². The molecule has 0 bridgehead atoms. The molecule has 1 saturated heterocycles. The van der Waals surface area contributed by atoms with Crippen molar-refractivity contribution >= 4 is 11.8 Å². The molecule has 1 aliphatic carbocycles. The molecule has 6 heteroatoms. The summed E-state index contributed by atoms with van der Waals surface area (Å²) in [5, 5.41) is 0. The van der Waals surface area contributed by atoms with Crippen molar-refractivity contribution in [3.63, 3.8) is 0 Å². The summed E-state index contributed by atoms with van der Waals surface area (Å²) >= 11 is 0. The standard InChI is InChI=1S/C26H30N2O4/c1-26(2)16-19-9-6-10-22(24(19)32-26)31-17-23(29)27-11-13-28(14-12-27)25(30)21-15-20(21)18-7-4-3-5-8-18/h3-10,20-21H,11-17H2,1-2H3. The van der Waals surface area contributed by atoms with Crippen LogP contribution in [0.25, 0.3) is 0 Å². The van der Waals surface area contributed by atoms with E-state index in [1.807, 2.05) is 55.1 Å². The number of benzene rings is 2. The first-order valence-corrected chi connectivity index (χ1v) is 11.5. The highest BCUT2D eigenvalue weighted by molar-refractivity contribution is 5.84. The number of rotatable bonds is 5. The van der Waals surface area contributed by atoms with E-state index in [9.17, 15) is 9.59 Å². The SMILES string of the molecule is CC1(C)Cc2cccc(OCC(=O)N3CCN(C(=O)C4CC4c4ccccc4)CC3)c2O1. The minimum Gasteiger partial charge on any atom is -0.483 e. The third-order valence-electron chi connectivity index (χ3n) is 6.69. The quantitative estimate of drug-likeness (QED) is 0.725. The number of fused-ring (bicyclic) bond motifs is 1. The maximum absolute atomic E-state index is 12.9. The Hall–Kier alpha value is -3.02. The van der Waals surface area contributed by atoms with Gasteiger partial charge in [0.1, 0.15) is 5.60 Å². The van der Waals surface area contributed by atoms with Gasteiger partial charge in [-0.15, -0.1) is 0 Å². The summed E-state index contributed by atoms with van der Waals surface area (Å²) in [5.41, 5.74) is 2.10. The van der Waals surface area contributed by atoms with E-state index in [1.54, 1.807) is 4.90 Å². The fraction of sp³-hybridized carbons (Fsp3) is 0.462. The fourth-order valence-corrected chi connectivity index (χ4v) is 4.88. The van der Waals surface area contributed by atoms with E-state index in [0.717, 1.165) is 24.2 Å². The third kappa shape index (κ3) is 4.18. The summed E-state index contributed by atoms with van der Waals surface area (Å²) in [6.45, 7) is 6.34. The molecule has 5 rings (SSSR count). The molecular formula is C26H30N2O4. The lowest BCUT2D eigenvalue weighted by atomic mass is 10.0. The summed E-state index contributed by atoms with van der Waals surface area (Å²) in [6.07, 6.45) is 1.76. The van der Waals surface area contributed by atoms with E-state index in [1.165, 1.54) is 5.56 Å². The van der Waals surface area contributed by atoms with E-state index < -0.39 is 0 Å². The summed E-state index contributed by atoms with van der Waals surface area (Å²) < 4.78 is 11.9. The molecule has 0 radical (unpaired) electrons. The average Bonchev–Trinajstić information content (AvgIpc) is 3.53. The second-order valence-electron chi connectivity index (χ2n) is 9.64. The largest absolute Gasteiger partial charge is 0.483 e. The van der Waals surface area contributed by atoms with Crippen molar-refractivity contribution in [1.82, 2.24) is 9.80 Å². The number of piperazine rings is 1. The van der Waals surface area contributed by atoms with Gasteiger partial charge in [-0.05, 0) is 37.8 Å². The van der Waals surface area contributed by atoms with Crippen LogP contribution >= 0.6 is 0 Å². The molecule has 2 fully saturated rings. The number of hydrogen-bond donors (Lipinski definition) is 0. The Balaban J connectivity index is 1.11. The molecule has 2 aromatic rings. The Morgan fingerprint density at radius 1 is 1.00 bits per heavy atom. The maximum atomic E-state index is 12.9. The lowest BCUT2D eigenvalue weighted by Gasteiger charge is -2.35. The monoisotopic (exact) mass is 434 g/mol. The Kier molecular flexibility index (Phi) is 5.31. The number of nitrogens with zero attached hydrogens (tertiary/aromatic N) is 2. The second-order valence-corrected chi connectivity index (χ2v) is 9.64. The minimum atomic E-state index is -0.254. The molecule has 2 aromatic carbocycles. The molecule has 0 spiro atoms. The van der Waals surface area contributed by atoms with Crippen LogP contribution in [0, 0.1) is 5.92 Å². The van der Waals surface area contributed by atoms with Gasteiger partial charge in [-0.2, -0.15) is 0 Å². The van der Waals surface area contributed by atoms with Gasteiger partial charge in [-0.3, -0.25) is 9.59 Å². The topological polar surface area (TPSA) is 59.1 Å². The van der Waals surface area contributed by atoms with Gasteiger partial charge in [-0.1, -0.05) is 42.5 Å². The highest BCUT2D eigenvalue weighted by Gasteiger charge is 2.46. The molecule has 168 valence electrons. The molecule has 2 amide bonds. The molecule has 2 aliphatic heterocycles. The van der Waals surface area contributed by atoms with Crippen molar-refractivity contribution in [2.24, 2.45) is 5.92 Å². The van der Waals surface area contributed by atoms with Crippen molar-refractivity contribution in [3.8, 4) is 11.5 Å². The van der Waals surface area contributed by atoms with E-state index in [2.05, 4.69) is 12.1 Å². The first-order chi connectivity index (χ1) is 15.4. The number of para-hydroxylation sites is 1. The van der Waals surface area contributed by atoms with E-state index >= 15 is 0 Å².